The summed E-state index contributed by atoms with van der Waals surface area (Å²) in [5.41, 5.74) is 0. The second kappa shape index (κ2) is 4.16. The smallest absolute Gasteiger partial charge is 0.147 e. The van der Waals surface area contributed by atoms with E-state index in [1.54, 1.807) is 6.07 Å². The van der Waals surface area contributed by atoms with Gasteiger partial charge in [-0.25, -0.2) is 0 Å². The largest absolute Gasteiger partial charge is 0.463 e. The summed E-state index contributed by atoms with van der Waals surface area (Å²) in [6.45, 7) is 2.21. The van der Waals surface area contributed by atoms with Gasteiger partial charge >= 0.3 is 0 Å². The summed E-state index contributed by atoms with van der Waals surface area (Å²) in [6, 6.07) is 5.60. The SMILES string of the molecule is CC1CC1c1ccc(C(O)c2sccc2Cl)o1. The molecule has 0 aliphatic heterocycles. The van der Waals surface area contributed by atoms with Gasteiger partial charge in [0.1, 0.15) is 17.6 Å². The Kier molecular flexibility index (Phi) is 2.77. The lowest BCUT2D eigenvalue weighted by atomic mass is 10.2. The van der Waals surface area contributed by atoms with Gasteiger partial charge in [-0.1, -0.05) is 18.5 Å². The predicted molar refractivity (Wildman–Crippen MR) is 68.6 cm³/mol. The van der Waals surface area contributed by atoms with Crippen molar-refractivity contribution in [1.82, 2.24) is 0 Å². The van der Waals surface area contributed by atoms with Crippen LogP contribution in [-0.2, 0) is 0 Å². The molecule has 0 radical (unpaired) electrons. The van der Waals surface area contributed by atoms with E-state index < -0.39 is 6.10 Å². The molecule has 1 fully saturated rings. The highest BCUT2D eigenvalue weighted by molar-refractivity contribution is 7.10. The molecule has 2 aromatic rings. The van der Waals surface area contributed by atoms with Crippen molar-refractivity contribution in [2.75, 3.05) is 0 Å². The highest BCUT2D eigenvalue weighted by Crippen LogP contribution is 2.48. The molecule has 2 aromatic heterocycles. The van der Waals surface area contributed by atoms with E-state index in [4.69, 9.17) is 16.0 Å². The maximum atomic E-state index is 10.2. The van der Waals surface area contributed by atoms with E-state index in [2.05, 4.69) is 6.92 Å². The quantitative estimate of drug-likeness (QED) is 0.905. The molecule has 2 nitrogen and oxygen atoms in total. The third-order valence-electron chi connectivity index (χ3n) is 3.29. The van der Waals surface area contributed by atoms with E-state index in [0.717, 1.165) is 10.6 Å². The van der Waals surface area contributed by atoms with Crippen LogP contribution in [0, 0.1) is 5.92 Å². The number of aliphatic hydroxyl groups is 1. The van der Waals surface area contributed by atoms with Crippen molar-refractivity contribution in [1.29, 1.82) is 0 Å². The first-order valence-corrected chi connectivity index (χ1v) is 6.93. The van der Waals surface area contributed by atoms with Gasteiger partial charge in [0.25, 0.3) is 0 Å². The number of rotatable bonds is 3. The minimum Gasteiger partial charge on any atom is -0.463 e. The zero-order valence-electron chi connectivity index (χ0n) is 9.39. The van der Waals surface area contributed by atoms with Crippen LogP contribution in [0.4, 0.5) is 0 Å². The Labute approximate surface area is 109 Å². The molecule has 3 atom stereocenters. The van der Waals surface area contributed by atoms with Gasteiger partial charge < -0.3 is 9.52 Å². The van der Waals surface area contributed by atoms with Gasteiger partial charge in [0.2, 0.25) is 0 Å². The van der Waals surface area contributed by atoms with E-state index in [-0.39, 0.29) is 0 Å². The van der Waals surface area contributed by atoms with Gasteiger partial charge in [-0.2, -0.15) is 0 Å². The fraction of sp³-hybridized carbons (Fsp3) is 0.385. The summed E-state index contributed by atoms with van der Waals surface area (Å²) in [4.78, 5) is 0.747. The van der Waals surface area contributed by atoms with Crippen LogP contribution < -0.4 is 0 Å². The van der Waals surface area contributed by atoms with Crippen LogP contribution in [0.25, 0.3) is 0 Å². The fourth-order valence-electron chi connectivity index (χ4n) is 2.06. The highest BCUT2D eigenvalue weighted by Gasteiger charge is 2.37. The number of halogens is 1. The Hall–Kier alpha value is -0.770. The molecule has 1 aliphatic rings. The number of furan rings is 1. The normalized spacial score (nSPS) is 24.9. The van der Waals surface area contributed by atoms with Crippen LogP contribution in [0.15, 0.2) is 28.0 Å². The van der Waals surface area contributed by atoms with Crippen molar-refractivity contribution < 1.29 is 9.52 Å². The monoisotopic (exact) mass is 268 g/mol. The third kappa shape index (κ3) is 2.03. The van der Waals surface area contributed by atoms with Crippen LogP contribution in [0.1, 0.15) is 41.8 Å². The van der Waals surface area contributed by atoms with E-state index in [1.165, 1.54) is 17.8 Å². The van der Waals surface area contributed by atoms with E-state index in [9.17, 15) is 5.11 Å². The number of thiophene rings is 1. The van der Waals surface area contributed by atoms with Crippen LogP contribution >= 0.6 is 22.9 Å². The summed E-state index contributed by atoms with van der Waals surface area (Å²) in [5, 5.41) is 12.6. The molecule has 1 saturated carbocycles. The maximum Gasteiger partial charge on any atom is 0.147 e. The summed E-state index contributed by atoms with van der Waals surface area (Å²) in [5.74, 6) is 2.81. The number of hydrogen-bond acceptors (Lipinski definition) is 3. The van der Waals surface area contributed by atoms with Gasteiger partial charge in [0, 0.05) is 5.92 Å². The van der Waals surface area contributed by atoms with Crippen molar-refractivity contribution in [3.8, 4) is 0 Å². The molecule has 0 saturated heterocycles. The summed E-state index contributed by atoms with van der Waals surface area (Å²) < 4.78 is 5.72. The lowest BCUT2D eigenvalue weighted by Gasteiger charge is -2.05. The van der Waals surface area contributed by atoms with Crippen molar-refractivity contribution in [2.45, 2.75) is 25.4 Å². The third-order valence-corrected chi connectivity index (χ3v) is 4.70. The van der Waals surface area contributed by atoms with Crippen molar-refractivity contribution in [3.63, 3.8) is 0 Å². The molecule has 3 rings (SSSR count). The molecular formula is C13H13ClO2S. The molecule has 1 N–H and O–H groups in total. The topological polar surface area (TPSA) is 33.4 Å². The Morgan fingerprint density at radius 3 is 2.82 bits per heavy atom. The van der Waals surface area contributed by atoms with Crippen LogP contribution in [0.5, 0.6) is 0 Å². The molecular weight excluding hydrogens is 256 g/mol. The van der Waals surface area contributed by atoms with Crippen molar-refractivity contribution >= 4 is 22.9 Å². The standard InChI is InChI=1S/C13H13ClO2S/c1-7-6-8(7)10-2-3-11(16-10)12(15)13-9(14)4-5-17-13/h2-5,7-8,12,15H,6H2,1H3. The molecule has 0 aromatic carbocycles. The minimum absolute atomic E-state index is 0.537. The molecule has 4 heteroatoms. The molecule has 0 amide bonds. The van der Waals surface area contributed by atoms with Crippen molar-refractivity contribution in [3.05, 3.63) is 45.0 Å². The molecule has 2 heterocycles. The minimum atomic E-state index is -0.745. The zero-order chi connectivity index (χ0) is 12.0. The molecule has 0 spiro atoms. The second-order valence-electron chi connectivity index (χ2n) is 4.59. The van der Waals surface area contributed by atoms with Gasteiger partial charge in [-0.05, 0) is 35.9 Å². The Morgan fingerprint density at radius 1 is 1.47 bits per heavy atom. The first-order valence-electron chi connectivity index (χ1n) is 5.67. The summed E-state index contributed by atoms with van der Waals surface area (Å²) in [7, 11) is 0. The van der Waals surface area contributed by atoms with Crippen LogP contribution in [0.2, 0.25) is 5.02 Å². The van der Waals surface area contributed by atoms with E-state index in [0.29, 0.717) is 22.6 Å². The van der Waals surface area contributed by atoms with Crippen LogP contribution in [-0.4, -0.2) is 5.11 Å². The second-order valence-corrected chi connectivity index (χ2v) is 5.95. The van der Waals surface area contributed by atoms with Gasteiger partial charge in [0.05, 0.1) is 9.90 Å². The fourth-order valence-corrected chi connectivity index (χ4v) is 3.21. The van der Waals surface area contributed by atoms with E-state index in [1.807, 2.05) is 17.5 Å². The first-order chi connectivity index (χ1) is 8.16. The zero-order valence-corrected chi connectivity index (χ0v) is 11.0. The van der Waals surface area contributed by atoms with Crippen molar-refractivity contribution in [2.24, 2.45) is 5.92 Å². The predicted octanol–water partition coefficient (Wildman–Crippen LogP) is 4.20. The van der Waals surface area contributed by atoms with Gasteiger partial charge in [-0.3, -0.25) is 0 Å². The molecule has 0 bridgehead atoms. The number of hydrogen-bond donors (Lipinski definition) is 1. The molecule has 17 heavy (non-hydrogen) atoms. The first kappa shape index (κ1) is 11.3. The Balaban J connectivity index is 1.84. The molecule has 1 aliphatic carbocycles. The van der Waals surface area contributed by atoms with E-state index >= 15 is 0 Å². The summed E-state index contributed by atoms with van der Waals surface area (Å²) in [6.07, 6.45) is 0.438. The average Bonchev–Trinajstić information content (AvgIpc) is 2.76. The highest BCUT2D eigenvalue weighted by atomic mass is 35.5. The van der Waals surface area contributed by atoms with Crippen LogP contribution in [0.3, 0.4) is 0 Å². The Morgan fingerprint density at radius 2 is 2.24 bits per heavy atom. The average molecular weight is 269 g/mol. The Bertz CT molecular complexity index is 531. The molecule has 3 unspecified atom stereocenters. The molecule has 90 valence electrons. The lowest BCUT2D eigenvalue weighted by Crippen LogP contribution is -1.95. The van der Waals surface area contributed by atoms with Gasteiger partial charge in [0.15, 0.2) is 0 Å². The summed E-state index contributed by atoms with van der Waals surface area (Å²) >= 11 is 7.44. The van der Waals surface area contributed by atoms with Gasteiger partial charge in [-0.15, -0.1) is 11.3 Å². The number of aliphatic hydroxyl groups excluding tert-OH is 1. The maximum absolute atomic E-state index is 10.2. The lowest BCUT2D eigenvalue weighted by molar-refractivity contribution is 0.190.